The standard InChI is InChI=1S/C25H36N3O2S.C23H34N3OS.2C19H24N2OS/c1-19-10-11-23(20(2)16-19)31-24-9-7-6-8-22(24)26-12-14-27(15-13-26)25(30)17-21(29)18-28(3,4)5;1-19-17-20(18-27-16-15-26(2,3)4)9-10-22(19)28-23-8-6-5-7-21(23)25-13-11-24-12-14-25;1-15-8-9-18(16(2)14-15)23-19-7-5-4-6-17(19)20-10-12-21(3,22)13-11-20;1-15-8-9-18(16(2)14-15)23(22)19-7-5-4-6-17(19)21-12-10-20(3)11-13-21/h6-11,16,21,29H,12-15,17-18H2,1-5H3;5-10,17,24H,11-16,18H2,1-4H3;2*4-9,14H,10-13H2,1-3H3/q2*+1;;/t21-;;;/m1.../s1. The number of carbonyl (C=O) groups excluding carboxylic acids is 1. The monoisotopic (exact) mass is 1500 g/mol. The Balaban J connectivity index is 0.000000163. The Kier molecular flexibility index (Phi) is 30.5. The molecular formula is C86H118N10O5S4+2. The number of amides is 1. The summed E-state index contributed by atoms with van der Waals surface area (Å²) in [5, 5.41) is 25.8. The molecular weight excluding hydrogens is 1380 g/mol. The Bertz CT molecular complexity index is 4130. The Morgan fingerprint density at radius 1 is 0.505 bits per heavy atom. The fourth-order valence-electron chi connectivity index (χ4n) is 13.3. The number of rotatable bonds is 21. The van der Waals surface area contributed by atoms with Gasteiger partial charge >= 0.3 is 0 Å². The van der Waals surface area contributed by atoms with E-state index in [4.69, 9.17) is 4.74 Å². The highest BCUT2D eigenvalue weighted by Crippen LogP contribution is 2.41. The van der Waals surface area contributed by atoms with Crippen LogP contribution in [0.2, 0.25) is 0 Å². The average molecular weight is 1500 g/mol. The van der Waals surface area contributed by atoms with Gasteiger partial charge in [0.2, 0.25) is 5.91 Å². The van der Waals surface area contributed by atoms with E-state index < -0.39 is 16.9 Å². The molecule has 12 rings (SSSR count). The van der Waals surface area contributed by atoms with Gasteiger partial charge in [0.15, 0.2) is 0 Å². The Labute approximate surface area is 644 Å². The normalized spacial score (nSPS) is 16.3. The maximum absolute atomic E-state index is 13.2. The maximum Gasteiger partial charge on any atom is 0.225 e. The highest BCUT2D eigenvalue weighted by Gasteiger charge is 2.28. The fourth-order valence-corrected chi connectivity index (χ4v) is 17.8. The summed E-state index contributed by atoms with van der Waals surface area (Å²) >= 11 is 5.49. The van der Waals surface area contributed by atoms with Crippen molar-refractivity contribution in [3.05, 3.63) is 220 Å². The lowest BCUT2D eigenvalue weighted by Crippen LogP contribution is -2.53. The molecule has 0 aliphatic carbocycles. The number of anilines is 4. The van der Waals surface area contributed by atoms with Crippen LogP contribution < -0.4 is 24.9 Å². The van der Waals surface area contributed by atoms with Crippen LogP contribution in [0.15, 0.2) is 209 Å². The van der Waals surface area contributed by atoms with Gasteiger partial charge in [0, 0.05) is 113 Å². The Hall–Kier alpha value is -6.69. The van der Waals surface area contributed by atoms with Crippen LogP contribution in [0.25, 0.3) is 0 Å². The molecule has 19 heteroatoms. The van der Waals surface area contributed by atoms with Gasteiger partial charge in [0.25, 0.3) is 0 Å². The van der Waals surface area contributed by atoms with Crippen LogP contribution in [0.1, 0.15) is 50.9 Å². The van der Waals surface area contributed by atoms with Gasteiger partial charge in [-0.05, 0) is 156 Å². The molecule has 4 saturated heterocycles. The quantitative estimate of drug-likeness (QED) is 0.0404. The molecule has 0 aromatic heterocycles. The topological polar surface area (TPSA) is 118 Å². The van der Waals surface area contributed by atoms with Gasteiger partial charge in [-0.2, -0.15) is 0 Å². The van der Waals surface area contributed by atoms with Crippen molar-refractivity contribution in [1.29, 1.82) is 0 Å². The molecule has 15 nitrogen and oxygen atoms in total. The van der Waals surface area contributed by atoms with Gasteiger partial charge in [0.05, 0.1) is 134 Å². The van der Waals surface area contributed by atoms with Crippen molar-refractivity contribution in [2.24, 2.45) is 0 Å². The summed E-state index contributed by atoms with van der Waals surface area (Å²) in [6.07, 6.45) is -0.394. The number of likely N-dealkylation sites (N-methyl/N-ethyl adjacent to an activating group) is 4. The second-order valence-corrected chi connectivity index (χ2v) is 35.5. The molecule has 2 N–H and O–H groups in total. The van der Waals surface area contributed by atoms with Crippen molar-refractivity contribution >= 4 is 74.7 Å². The number of hydrogen-bond acceptors (Lipinski definition) is 14. The lowest BCUT2D eigenvalue weighted by Gasteiger charge is -2.46. The van der Waals surface area contributed by atoms with Gasteiger partial charge in [-0.25, -0.2) is 4.21 Å². The molecule has 2 atom stereocenters. The number of aliphatic hydroxyl groups excluding tert-OH is 1. The highest BCUT2D eigenvalue weighted by molar-refractivity contribution is 8.00. The van der Waals surface area contributed by atoms with E-state index in [1.165, 1.54) is 85.4 Å². The number of quaternary nitrogens is 3. The first-order valence-corrected chi connectivity index (χ1v) is 40.9. The molecule has 0 radical (unpaired) electrons. The molecule has 8 aromatic rings. The Morgan fingerprint density at radius 3 is 1.40 bits per heavy atom. The van der Waals surface area contributed by atoms with E-state index in [0.29, 0.717) is 43.8 Å². The zero-order valence-electron chi connectivity index (χ0n) is 65.3. The van der Waals surface area contributed by atoms with Gasteiger partial charge < -0.3 is 63.4 Å². The van der Waals surface area contributed by atoms with E-state index >= 15 is 0 Å². The molecule has 0 saturated carbocycles. The second-order valence-electron chi connectivity index (χ2n) is 30.9. The first kappa shape index (κ1) is 82.4. The number of ether oxygens (including phenoxy) is 1. The fraction of sp³-hybridized carbons (Fsp3) is 0.430. The number of aliphatic hydroxyl groups is 1. The zero-order chi connectivity index (χ0) is 75.4. The van der Waals surface area contributed by atoms with E-state index in [0.717, 1.165) is 117 Å². The number of nitrogens with one attached hydrogen (secondary N) is 1. The average Bonchev–Trinajstić information content (AvgIpc) is 0.805. The van der Waals surface area contributed by atoms with Crippen molar-refractivity contribution < 1.29 is 32.5 Å². The molecule has 4 fully saturated rings. The van der Waals surface area contributed by atoms with E-state index in [-0.39, 0.29) is 17.0 Å². The van der Waals surface area contributed by atoms with Crippen LogP contribution in [0.4, 0.5) is 22.7 Å². The number of benzene rings is 8. The van der Waals surface area contributed by atoms with Crippen molar-refractivity contribution in [2.45, 2.75) is 107 Å². The van der Waals surface area contributed by atoms with Crippen LogP contribution in [0.3, 0.4) is 0 Å². The summed E-state index contributed by atoms with van der Waals surface area (Å²) in [5.41, 5.74) is 15.0. The first-order valence-electron chi connectivity index (χ1n) is 37.3. The summed E-state index contributed by atoms with van der Waals surface area (Å²) in [6.45, 7) is 32.2. The number of piperazine rings is 4. The largest absolute Gasteiger partial charge is 0.633 e. The van der Waals surface area contributed by atoms with Crippen LogP contribution in [0.5, 0.6) is 0 Å². The number of hydroxylamine groups is 3. The molecule has 8 aromatic carbocycles. The van der Waals surface area contributed by atoms with Gasteiger partial charge in [0.1, 0.15) is 19.2 Å². The Morgan fingerprint density at radius 2 is 0.924 bits per heavy atom. The summed E-state index contributed by atoms with van der Waals surface area (Å²) in [7, 11) is 15.4. The third kappa shape index (κ3) is 25.5. The predicted octanol–water partition coefficient (Wildman–Crippen LogP) is 14.8. The summed E-state index contributed by atoms with van der Waals surface area (Å²) in [6, 6.07) is 60.0. The van der Waals surface area contributed by atoms with Crippen LogP contribution in [-0.4, -0.2) is 226 Å². The molecule has 564 valence electrons. The molecule has 4 heterocycles. The molecule has 0 spiro atoms. The van der Waals surface area contributed by atoms with E-state index in [2.05, 4.69) is 239 Å². The minimum absolute atomic E-state index is 0.0542. The second kappa shape index (κ2) is 38.9. The van der Waals surface area contributed by atoms with Crippen molar-refractivity contribution in [1.82, 2.24) is 15.1 Å². The number of aryl methyl sites for hydroxylation is 7. The van der Waals surface area contributed by atoms with Gasteiger partial charge in [-0.15, -0.1) is 0 Å². The van der Waals surface area contributed by atoms with Crippen molar-refractivity contribution in [3.8, 4) is 0 Å². The van der Waals surface area contributed by atoms with Crippen molar-refractivity contribution in [2.75, 3.05) is 200 Å². The molecule has 0 bridgehead atoms. The zero-order valence-corrected chi connectivity index (χ0v) is 68.6. The third-order valence-electron chi connectivity index (χ3n) is 19.4. The number of nitrogens with zero attached hydrogens (tertiary/aromatic N) is 9. The van der Waals surface area contributed by atoms with E-state index in [9.17, 15) is 19.3 Å². The third-order valence-corrected chi connectivity index (χ3v) is 24.7. The molecule has 4 aliphatic heterocycles. The summed E-state index contributed by atoms with van der Waals surface area (Å²) < 4.78 is 20.5. The smallest absolute Gasteiger partial charge is 0.225 e. The first-order chi connectivity index (χ1) is 50.0. The molecule has 1 amide bonds. The number of hydrogen-bond donors (Lipinski definition) is 2. The summed E-state index contributed by atoms with van der Waals surface area (Å²) in [4.78, 5) is 36.0. The van der Waals surface area contributed by atoms with E-state index in [1.807, 2.05) is 86.8 Å². The van der Waals surface area contributed by atoms with Gasteiger partial charge in [-0.3, -0.25) is 4.79 Å². The number of para-hydroxylation sites is 4. The predicted molar refractivity (Wildman–Crippen MR) is 443 cm³/mol. The van der Waals surface area contributed by atoms with Gasteiger partial charge in [-0.1, -0.05) is 149 Å². The van der Waals surface area contributed by atoms with E-state index in [1.54, 1.807) is 18.8 Å². The van der Waals surface area contributed by atoms with Crippen molar-refractivity contribution in [3.63, 3.8) is 0 Å². The SMILES string of the molecule is Cc1cc(COCC[N+](C)(C)C)ccc1Sc1ccccc1N1CCNCC1.Cc1ccc(S(=O)c2ccccc2N2CCN(C)CC2)c(C)c1.Cc1ccc(Sc2ccccc2N2CCN(C(=O)C[C@@H](O)C[N+](C)(C)C)CC2)c(C)c1.Cc1ccc(Sc2ccccc2N2CC[N+](C)([O-])CC2)c(C)c1. The lowest BCUT2D eigenvalue weighted by atomic mass is 10.1. The molecule has 105 heavy (non-hydrogen) atoms. The minimum Gasteiger partial charge on any atom is -0.633 e. The highest BCUT2D eigenvalue weighted by atomic mass is 32.2. The number of carbonyl (C=O) groups is 1. The molecule has 4 aliphatic rings. The van der Waals surface area contributed by atoms with Crippen LogP contribution >= 0.6 is 35.3 Å². The maximum atomic E-state index is 13.2. The van der Waals surface area contributed by atoms with Crippen LogP contribution in [0, 0.1) is 53.7 Å². The van der Waals surface area contributed by atoms with Crippen LogP contribution in [-0.2, 0) is 26.9 Å². The minimum atomic E-state index is -1.14. The lowest BCUT2D eigenvalue weighted by molar-refractivity contribution is -0.873. The molecule has 1 unspecified atom stereocenters. The summed E-state index contributed by atoms with van der Waals surface area (Å²) in [5.74, 6) is 0.0542.